The molecule has 0 aliphatic carbocycles. The van der Waals surface area contributed by atoms with E-state index in [9.17, 15) is 0 Å². The van der Waals surface area contributed by atoms with Crippen LogP contribution in [0.2, 0.25) is 0 Å². The van der Waals surface area contributed by atoms with Crippen molar-refractivity contribution in [2.45, 2.75) is 64.7 Å². The van der Waals surface area contributed by atoms with Gasteiger partial charge in [-0.1, -0.05) is 87.2 Å². The van der Waals surface area contributed by atoms with Gasteiger partial charge in [0.25, 0.3) is 0 Å². The Kier molecular flexibility index (Phi) is 10.7. The van der Waals surface area contributed by atoms with Gasteiger partial charge in [-0.3, -0.25) is 0 Å². The molecule has 0 amide bonds. The summed E-state index contributed by atoms with van der Waals surface area (Å²) in [6.07, 6.45) is 20.8. The molecular weight excluding hydrogens is 240 g/mol. The van der Waals surface area contributed by atoms with Crippen molar-refractivity contribution in [3.8, 4) is 0 Å². The van der Waals surface area contributed by atoms with Crippen LogP contribution in [0.5, 0.6) is 0 Å². The summed E-state index contributed by atoms with van der Waals surface area (Å²) in [4.78, 5) is 0. The molecule has 0 atom stereocenters. The van der Waals surface area contributed by atoms with E-state index in [-0.39, 0.29) is 0 Å². The topological polar surface area (TPSA) is 0 Å². The maximum atomic E-state index is 2.34. The minimum absolute atomic E-state index is 1.09. The Hall–Kier alpha value is -1.30. The van der Waals surface area contributed by atoms with Gasteiger partial charge in [-0.25, -0.2) is 0 Å². The van der Waals surface area contributed by atoms with E-state index in [1.807, 2.05) is 0 Å². The number of aryl methyl sites for hydroxylation is 1. The van der Waals surface area contributed by atoms with Crippen molar-refractivity contribution in [2.24, 2.45) is 0 Å². The summed E-state index contributed by atoms with van der Waals surface area (Å²) in [6.45, 7) is 2.27. The summed E-state index contributed by atoms with van der Waals surface area (Å²) in [7, 11) is 0. The molecule has 0 aliphatic rings. The predicted octanol–water partition coefficient (Wildman–Crippen LogP) is 6.48. The van der Waals surface area contributed by atoms with E-state index in [1.165, 1.54) is 44.1 Å². The molecular formula is C20H30. The first-order valence-electron chi connectivity index (χ1n) is 8.27. The van der Waals surface area contributed by atoms with Crippen molar-refractivity contribution in [1.29, 1.82) is 0 Å². The van der Waals surface area contributed by atoms with Gasteiger partial charge in [0.1, 0.15) is 0 Å². The lowest BCUT2D eigenvalue weighted by Crippen LogP contribution is -1.80. The molecule has 110 valence electrons. The van der Waals surface area contributed by atoms with Crippen LogP contribution in [0.1, 0.15) is 63.9 Å². The van der Waals surface area contributed by atoms with E-state index in [1.54, 1.807) is 0 Å². The fourth-order valence-electron chi connectivity index (χ4n) is 2.27. The molecule has 0 nitrogen and oxygen atoms in total. The van der Waals surface area contributed by atoms with E-state index >= 15 is 0 Å². The van der Waals surface area contributed by atoms with Crippen LogP contribution in [-0.4, -0.2) is 0 Å². The molecule has 0 radical (unpaired) electrons. The molecule has 0 unspecified atom stereocenters. The average Bonchev–Trinajstić information content (AvgIpc) is 2.49. The number of benzene rings is 1. The second-order valence-corrected chi connectivity index (χ2v) is 5.41. The smallest absolute Gasteiger partial charge is 0.0169 e. The van der Waals surface area contributed by atoms with Gasteiger partial charge in [0.15, 0.2) is 0 Å². The van der Waals surface area contributed by atoms with Crippen LogP contribution in [0.15, 0.2) is 54.6 Å². The number of hydrogen-bond acceptors (Lipinski definition) is 0. The molecule has 0 saturated heterocycles. The molecule has 0 aromatic heterocycles. The molecule has 0 saturated carbocycles. The highest BCUT2D eigenvalue weighted by molar-refractivity contribution is 5.15. The number of unbranched alkanes of at least 4 members (excludes halogenated alkanes) is 5. The maximum absolute atomic E-state index is 2.34. The first kappa shape index (κ1) is 16.8. The molecule has 1 rings (SSSR count). The molecule has 0 bridgehead atoms. The summed E-state index contributed by atoms with van der Waals surface area (Å²) in [6, 6.07) is 10.7. The fraction of sp³-hybridized carbons (Fsp3) is 0.500. The van der Waals surface area contributed by atoms with Crippen LogP contribution >= 0.6 is 0 Å². The van der Waals surface area contributed by atoms with Crippen molar-refractivity contribution < 1.29 is 0 Å². The Labute approximate surface area is 125 Å². The van der Waals surface area contributed by atoms with Crippen LogP contribution in [0.3, 0.4) is 0 Å². The highest BCUT2D eigenvalue weighted by atomic mass is 13.9. The zero-order chi connectivity index (χ0) is 14.3. The normalized spacial score (nSPS) is 11.7. The van der Waals surface area contributed by atoms with Crippen molar-refractivity contribution in [1.82, 2.24) is 0 Å². The lowest BCUT2D eigenvalue weighted by molar-refractivity contribution is 0.637. The van der Waals surface area contributed by atoms with Crippen molar-refractivity contribution in [3.05, 3.63) is 60.2 Å². The second kappa shape index (κ2) is 12.7. The van der Waals surface area contributed by atoms with Crippen LogP contribution in [0, 0.1) is 0 Å². The van der Waals surface area contributed by atoms with E-state index in [0.717, 1.165) is 19.3 Å². The molecule has 0 N–H and O–H groups in total. The molecule has 1 aromatic carbocycles. The summed E-state index contributed by atoms with van der Waals surface area (Å²) < 4.78 is 0. The van der Waals surface area contributed by atoms with Crippen molar-refractivity contribution >= 4 is 0 Å². The Morgan fingerprint density at radius 2 is 1.45 bits per heavy atom. The molecule has 0 heterocycles. The molecule has 0 fully saturated rings. The van der Waals surface area contributed by atoms with Gasteiger partial charge in [-0.05, 0) is 37.7 Å². The van der Waals surface area contributed by atoms with E-state index in [0.29, 0.717) is 0 Å². The molecule has 20 heavy (non-hydrogen) atoms. The van der Waals surface area contributed by atoms with Gasteiger partial charge < -0.3 is 0 Å². The minimum Gasteiger partial charge on any atom is -0.0882 e. The Morgan fingerprint density at radius 3 is 2.20 bits per heavy atom. The Balaban J connectivity index is 1.94. The van der Waals surface area contributed by atoms with E-state index < -0.39 is 0 Å². The van der Waals surface area contributed by atoms with Crippen LogP contribution in [0.4, 0.5) is 0 Å². The van der Waals surface area contributed by atoms with E-state index in [4.69, 9.17) is 0 Å². The zero-order valence-electron chi connectivity index (χ0n) is 13.1. The largest absolute Gasteiger partial charge is 0.0882 e. The molecule has 0 heteroatoms. The predicted molar refractivity (Wildman–Crippen MR) is 91.0 cm³/mol. The lowest BCUT2D eigenvalue weighted by Gasteiger charge is -1.96. The lowest BCUT2D eigenvalue weighted by atomic mass is 10.1. The minimum atomic E-state index is 1.09. The van der Waals surface area contributed by atoms with Gasteiger partial charge in [0, 0.05) is 0 Å². The quantitative estimate of drug-likeness (QED) is 0.319. The van der Waals surface area contributed by atoms with Gasteiger partial charge in [0.05, 0.1) is 0 Å². The molecule has 0 aliphatic heterocycles. The highest BCUT2D eigenvalue weighted by Gasteiger charge is 1.88. The number of rotatable bonds is 11. The molecule has 1 aromatic rings. The second-order valence-electron chi connectivity index (χ2n) is 5.41. The standard InChI is InChI=1S/C20H30/c1-2-3-4-5-6-7-8-9-10-11-12-14-17-20-18-15-13-16-19-20/h8-9,11-13,15-16,18-19H,2-7,10,14,17H2,1H3/b9-8+,12-11+. The first-order valence-corrected chi connectivity index (χ1v) is 8.27. The van der Waals surface area contributed by atoms with Gasteiger partial charge >= 0.3 is 0 Å². The van der Waals surface area contributed by atoms with Crippen LogP contribution < -0.4 is 0 Å². The van der Waals surface area contributed by atoms with Crippen LogP contribution in [-0.2, 0) is 6.42 Å². The van der Waals surface area contributed by atoms with Crippen molar-refractivity contribution in [3.63, 3.8) is 0 Å². The SMILES string of the molecule is CCCCCCC/C=C/C/C=C/CCc1ccccc1. The zero-order valence-corrected chi connectivity index (χ0v) is 13.1. The third-order valence-corrected chi connectivity index (χ3v) is 3.52. The third kappa shape index (κ3) is 9.61. The summed E-state index contributed by atoms with van der Waals surface area (Å²) in [5.41, 5.74) is 1.43. The Bertz CT molecular complexity index is 359. The number of hydrogen-bond donors (Lipinski definition) is 0. The summed E-state index contributed by atoms with van der Waals surface area (Å²) >= 11 is 0. The molecule has 0 spiro atoms. The first-order chi connectivity index (χ1) is 9.93. The highest BCUT2D eigenvalue weighted by Crippen LogP contribution is 2.06. The maximum Gasteiger partial charge on any atom is -0.0169 e. The summed E-state index contributed by atoms with van der Waals surface area (Å²) in [5.74, 6) is 0. The Morgan fingerprint density at radius 1 is 0.750 bits per heavy atom. The summed E-state index contributed by atoms with van der Waals surface area (Å²) in [5, 5.41) is 0. The van der Waals surface area contributed by atoms with Gasteiger partial charge in [0.2, 0.25) is 0 Å². The average molecular weight is 270 g/mol. The van der Waals surface area contributed by atoms with Crippen molar-refractivity contribution in [2.75, 3.05) is 0 Å². The fourth-order valence-corrected chi connectivity index (χ4v) is 2.27. The number of allylic oxidation sites excluding steroid dienone is 4. The van der Waals surface area contributed by atoms with Gasteiger partial charge in [-0.15, -0.1) is 0 Å². The monoisotopic (exact) mass is 270 g/mol. The van der Waals surface area contributed by atoms with Gasteiger partial charge in [-0.2, -0.15) is 0 Å². The van der Waals surface area contributed by atoms with Crippen LogP contribution in [0.25, 0.3) is 0 Å². The third-order valence-electron chi connectivity index (χ3n) is 3.52. The van der Waals surface area contributed by atoms with E-state index in [2.05, 4.69) is 61.6 Å².